The van der Waals surface area contributed by atoms with Crippen LogP contribution in [0.15, 0.2) is 78.4 Å². The summed E-state index contributed by atoms with van der Waals surface area (Å²) in [6, 6.07) is 19.7. The van der Waals surface area contributed by atoms with Crippen LogP contribution in [0.2, 0.25) is 0 Å². The summed E-state index contributed by atoms with van der Waals surface area (Å²) >= 11 is 0. The van der Waals surface area contributed by atoms with E-state index in [1.54, 1.807) is 18.2 Å². The first-order valence-electron chi connectivity index (χ1n) is 11.7. The molecule has 4 rings (SSSR count). The van der Waals surface area contributed by atoms with Crippen molar-refractivity contribution in [1.82, 2.24) is 9.80 Å². The zero-order valence-electron chi connectivity index (χ0n) is 20.6. The zero-order chi connectivity index (χ0) is 25.8. The van der Waals surface area contributed by atoms with E-state index in [1.165, 1.54) is 29.2 Å². The number of aryl methyl sites for hydroxylation is 1. The number of aliphatic hydroxyl groups excluding tert-OH is 1. The highest BCUT2D eigenvalue weighted by molar-refractivity contribution is 6.46. The highest BCUT2D eigenvalue weighted by atomic mass is 19.1. The molecule has 0 spiro atoms. The van der Waals surface area contributed by atoms with Gasteiger partial charge in [0.25, 0.3) is 11.7 Å². The van der Waals surface area contributed by atoms with E-state index in [1.807, 2.05) is 56.3 Å². The number of Topliss-reactive ketones (excluding diaryl/α,β-unsaturated/α-hetero) is 1. The van der Waals surface area contributed by atoms with Crippen molar-refractivity contribution in [3.63, 3.8) is 0 Å². The lowest BCUT2D eigenvalue weighted by Crippen LogP contribution is -2.35. The lowest BCUT2D eigenvalue weighted by molar-refractivity contribution is -0.140. The van der Waals surface area contributed by atoms with E-state index in [2.05, 4.69) is 0 Å². The van der Waals surface area contributed by atoms with Crippen LogP contribution in [0.1, 0.15) is 28.3 Å². The van der Waals surface area contributed by atoms with Gasteiger partial charge in [0.15, 0.2) is 0 Å². The SMILES string of the molecule is Cc1cc(/C(O)=C2\C(=O)C(=O)N(CCN(C)C)C2c2ccc(F)cc2)ccc1OCc1ccccc1. The van der Waals surface area contributed by atoms with Gasteiger partial charge in [-0.2, -0.15) is 0 Å². The van der Waals surface area contributed by atoms with Gasteiger partial charge < -0.3 is 19.6 Å². The number of nitrogens with zero attached hydrogens (tertiary/aromatic N) is 2. The Labute approximate surface area is 210 Å². The normalized spacial score (nSPS) is 17.1. The van der Waals surface area contributed by atoms with Crippen LogP contribution >= 0.6 is 0 Å². The third-order valence-corrected chi connectivity index (χ3v) is 6.20. The number of hydrogen-bond donors (Lipinski definition) is 1. The number of ether oxygens (including phenoxy) is 1. The molecule has 0 bridgehead atoms. The van der Waals surface area contributed by atoms with Gasteiger partial charge >= 0.3 is 0 Å². The molecule has 7 heteroatoms. The third kappa shape index (κ3) is 5.31. The molecule has 186 valence electrons. The Morgan fingerprint density at radius 3 is 2.36 bits per heavy atom. The van der Waals surface area contributed by atoms with E-state index in [-0.39, 0.29) is 17.9 Å². The van der Waals surface area contributed by atoms with Crippen LogP contribution in [0.5, 0.6) is 5.75 Å². The fourth-order valence-corrected chi connectivity index (χ4v) is 4.26. The summed E-state index contributed by atoms with van der Waals surface area (Å²) in [5.41, 5.74) is 2.74. The lowest BCUT2D eigenvalue weighted by atomic mass is 9.94. The Hall–Kier alpha value is -3.97. The lowest BCUT2D eigenvalue weighted by Gasteiger charge is -2.26. The van der Waals surface area contributed by atoms with Gasteiger partial charge in [0.1, 0.15) is 23.9 Å². The van der Waals surface area contributed by atoms with Crippen molar-refractivity contribution in [2.75, 3.05) is 27.2 Å². The van der Waals surface area contributed by atoms with Gasteiger partial charge in [-0.05, 0) is 68.0 Å². The summed E-state index contributed by atoms with van der Waals surface area (Å²) in [4.78, 5) is 29.4. The number of likely N-dealkylation sites (tertiary alicyclic amines) is 1. The van der Waals surface area contributed by atoms with Gasteiger partial charge in [-0.15, -0.1) is 0 Å². The van der Waals surface area contributed by atoms with Crippen LogP contribution in [0.3, 0.4) is 0 Å². The molecule has 0 aliphatic carbocycles. The molecule has 0 radical (unpaired) electrons. The number of amides is 1. The number of benzene rings is 3. The Kier molecular flexibility index (Phi) is 7.50. The molecule has 1 atom stereocenters. The molecule has 1 unspecified atom stereocenters. The molecular weight excluding hydrogens is 459 g/mol. The molecule has 0 saturated carbocycles. The summed E-state index contributed by atoms with van der Waals surface area (Å²) in [6.45, 7) is 3.05. The number of ketones is 1. The molecule has 0 aromatic heterocycles. The summed E-state index contributed by atoms with van der Waals surface area (Å²) in [6.07, 6.45) is 0. The number of carbonyl (C=O) groups excluding carboxylic acids is 2. The smallest absolute Gasteiger partial charge is 0.295 e. The van der Waals surface area contributed by atoms with Crippen LogP contribution in [-0.2, 0) is 16.2 Å². The number of carbonyl (C=O) groups is 2. The molecule has 1 aliphatic rings. The zero-order valence-corrected chi connectivity index (χ0v) is 20.6. The van der Waals surface area contributed by atoms with Crippen molar-refractivity contribution < 1.29 is 23.8 Å². The second-order valence-corrected chi connectivity index (χ2v) is 9.10. The van der Waals surface area contributed by atoms with E-state index >= 15 is 0 Å². The van der Waals surface area contributed by atoms with Crippen LogP contribution in [0, 0.1) is 12.7 Å². The fourth-order valence-electron chi connectivity index (χ4n) is 4.26. The average molecular weight is 489 g/mol. The maximum Gasteiger partial charge on any atom is 0.295 e. The third-order valence-electron chi connectivity index (χ3n) is 6.20. The molecule has 3 aromatic rings. The minimum absolute atomic E-state index is 0.0114. The first-order chi connectivity index (χ1) is 17.3. The standard InChI is InChI=1S/C29H29FN2O4/c1-19-17-22(11-14-24(19)36-18-20-7-5-4-6-8-20)27(33)25-26(21-9-12-23(30)13-10-21)32(16-15-31(2)3)29(35)28(25)34/h4-14,17,26,33H,15-16,18H2,1-3H3/b27-25+. The van der Waals surface area contributed by atoms with E-state index < -0.39 is 23.5 Å². The van der Waals surface area contributed by atoms with Crippen LogP contribution in [0.25, 0.3) is 5.76 Å². The van der Waals surface area contributed by atoms with Crippen molar-refractivity contribution in [3.05, 3.63) is 106 Å². The molecule has 1 aliphatic heterocycles. The Morgan fingerprint density at radius 1 is 1.03 bits per heavy atom. The van der Waals surface area contributed by atoms with E-state index in [0.717, 1.165) is 11.1 Å². The van der Waals surface area contributed by atoms with Gasteiger partial charge in [-0.1, -0.05) is 42.5 Å². The first kappa shape index (κ1) is 25.1. The van der Waals surface area contributed by atoms with Crippen LogP contribution in [-0.4, -0.2) is 53.8 Å². The molecule has 1 heterocycles. The minimum Gasteiger partial charge on any atom is -0.507 e. The number of aliphatic hydroxyl groups is 1. The van der Waals surface area contributed by atoms with Crippen molar-refractivity contribution in [2.24, 2.45) is 0 Å². The molecule has 1 saturated heterocycles. The Bertz CT molecular complexity index is 1290. The van der Waals surface area contributed by atoms with E-state index in [9.17, 15) is 19.1 Å². The predicted molar refractivity (Wildman–Crippen MR) is 136 cm³/mol. The predicted octanol–water partition coefficient (Wildman–Crippen LogP) is 4.70. The minimum atomic E-state index is -0.820. The molecule has 1 fully saturated rings. The number of halogens is 1. The summed E-state index contributed by atoms with van der Waals surface area (Å²) < 4.78 is 19.6. The Morgan fingerprint density at radius 2 is 1.72 bits per heavy atom. The first-order valence-corrected chi connectivity index (χ1v) is 11.7. The maximum atomic E-state index is 13.6. The second kappa shape index (κ2) is 10.7. The summed E-state index contributed by atoms with van der Waals surface area (Å²) in [5.74, 6) is -1.50. The summed E-state index contributed by atoms with van der Waals surface area (Å²) in [7, 11) is 3.74. The highest BCUT2D eigenvalue weighted by Gasteiger charge is 2.45. The second-order valence-electron chi connectivity index (χ2n) is 9.10. The molecule has 6 nitrogen and oxygen atoms in total. The monoisotopic (exact) mass is 488 g/mol. The molecule has 36 heavy (non-hydrogen) atoms. The number of hydrogen-bond acceptors (Lipinski definition) is 5. The number of likely N-dealkylation sites (N-methyl/N-ethyl adjacent to an activating group) is 1. The quantitative estimate of drug-likeness (QED) is 0.283. The van der Waals surface area contributed by atoms with Crippen molar-refractivity contribution in [3.8, 4) is 5.75 Å². The Balaban J connectivity index is 1.69. The van der Waals surface area contributed by atoms with Gasteiger partial charge in [0.05, 0.1) is 11.6 Å². The highest BCUT2D eigenvalue weighted by Crippen LogP contribution is 2.39. The molecule has 1 amide bonds. The van der Waals surface area contributed by atoms with Crippen LogP contribution in [0.4, 0.5) is 4.39 Å². The fraction of sp³-hybridized carbons (Fsp3) is 0.241. The van der Waals surface area contributed by atoms with Gasteiger partial charge in [-0.25, -0.2) is 4.39 Å². The maximum absolute atomic E-state index is 13.6. The topological polar surface area (TPSA) is 70.1 Å². The molecular formula is C29H29FN2O4. The molecule has 3 aromatic carbocycles. The average Bonchev–Trinajstić information content (AvgIpc) is 3.12. The van der Waals surface area contributed by atoms with Gasteiger partial charge in [-0.3, -0.25) is 9.59 Å². The largest absolute Gasteiger partial charge is 0.507 e. The van der Waals surface area contributed by atoms with Gasteiger partial charge in [0.2, 0.25) is 0 Å². The van der Waals surface area contributed by atoms with Crippen molar-refractivity contribution in [1.29, 1.82) is 0 Å². The van der Waals surface area contributed by atoms with Gasteiger partial charge in [0, 0.05) is 18.7 Å². The summed E-state index contributed by atoms with van der Waals surface area (Å²) in [5, 5.41) is 11.3. The van der Waals surface area contributed by atoms with Crippen LogP contribution < -0.4 is 4.74 Å². The van der Waals surface area contributed by atoms with Crippen molar-refractivity contribution in [2.45, 2.75) is 19.6 Å². The van der Waals surface area contributed by atoms with E-state index in [4.69, 9.17) is 4.74 Å². The van der Waals surface area contributed by atoms with E-state index in [0.29, 0.717) is 30.0 Å². The molecule has 1 N–H and O–H groups in total. The van der Waals surface area contributed by atoms with Crippen molar-refractivity contribution >= 4 is 17.4 Å². The number of rotatable bonds is 8.